The van der Waals surface area contributed by atoms with E-state index < -0.39 is 5.91 Å². The third-order valence-electron chi connectivity index (χ3n) is 3.49. The Kier molecular flexibility index (Phi) is 5.97. The van der Waals surface area contributed by atoms with Crippen LogP contribution in [0.3, 0.4) is 0 Å². The summed E-state index contributed by atoms with van der Waals surface area (Å²) in [6, 6.07) is 11.9. The molecular weight excluding hydrogens is 428 g/mol. The number of anilines is 3. The predicted octanol–water partition coefficient (Wildman–Crippen LogP) is 1.73. The number of carbonyl (C=O) groups is 2. The molecule has 0 bridgehead atoms. The van der Waals surface area contributed by atoms with Crippen LogP contribution in [-0.2, 0) is 0 Å². The van der Waals surface area contributed by atoms with Gasteiger partial charge in [-0.05, 0) is 40.2 Å². The highest BCUT2D eigenvalue weighted by Crippen LogP contribution is 2.21. The van der Waals surface area contributed by atoms with Crippen molar-refractivity contribution in [1.29, 1.82) is 0 Å². The van der Waals surface area contributed by atoms with Gasteiger partial charge in [-0.2, -0.15) is 0 Å². The zero-order valence-corrected chi connectivity index (χ0v) is 15.9. The van der Waals surface area contributed by atoms with Crippen LogP contribution >= 0.6 is 15.9 Å². The van der Waals surface area contributed by atoms with Gasteiger partial charge in [0.25, 0.3) is 11.8 Å². The molecule has 0 saturated heterocycles. The van der Waals surface area contributed by atoms with E-state index in [0.717, 1.165) is 0 Å². The molecule has 3 rings (SSSR count). The highest BCUT2D eigenvalue weighted by Gasteiger charge is 2.13. The van der Waals surface area contributed by atoms with Crippen LogP contribution in [-0.4, -0.2) is 26.8 Å². The van der Waals surface area contributed by atoms with Gasteiger partial charge >= 0.3 is 0 Å². The number of pyridine rings is 1. The number of nitrogens with two attached hydrogens (primary N) is 1. The summed E-state index contributed by atoms with van der Waals surface area (Å²) < 4.78 is 0.643. The second kappa shape index (κ2) is 8.77. The molecule has 0 radical (unpaired) electrons. The molecule has 11 heteroatoms. The fourth-order valence-electron chi connectivity index (χ4n) is 2.10. The van der Waals surface area contributed by atoms with Gasteiger partial charge in [-0.1, -0.05) is 18.2 Å². The first-order chi connectivity index (χ1) is 13.6. The van der Waals surface area contributed by atoms with Crippen molar-refractivity contribution in [3.63, 3.8) is 0 Å². The topological polar surface area (TPSA) is 147 Å². The quantitative estimate of drug-likeness (QED) is 0.362. The third kappa shape index (κ3) is 4.51. The first kappa shape index (κ1) is 19.0. The SMILES string of the molecule is Nc1c(NNC(=O)c2ccccn2)ncnc1NNC(=O)c1ccccc1Br. The normalized spacial score (nSPS) is 10.0. The summed E-state index contributed by atoms with van der Waals surface area (Å²) in [4.78, 5) is 36.1. The van der Waals surface area contributed by atoms with Crippen molar-refractivity contribution < 1.29 is 9.59 Å². The van der Waals surface area contributed by atoms with E-state index in [2.05, 4.69) is 52.6 Å². The summed E-state index contributed by atoms with van der Waals surface area (Å²) in [6.07, 6.45) is 2.72. The monoisotopic (exact) mass is 442 g/mol. The average Bonchev–Trinajstić information content (AvgIpc) is 2.72. The Balaban J connectivity index is 1.63. The number of nitrogens with one attached hydrogen (secondary N) is 4. The molecule has 0 unspecified atom stereocenters. The summed E-state index contributed by atoms with van der Waals surface area (Å²) in [7, 11) is 0. The van der Waals surface area contributed by atoms with Crippen molar-refractivity contribution in [2.45, 2.75) is 0 Å². The van der Waals surface area contributed by atoms with E-state index in [1.165, 1.54) is 12.5 Å². The minimum absolute atomic E-state index is 0.0937. The fraction of sp³-hybridized carbons (Fsp3) is 0. The second-order valence-corrected chi connectivity index (χ2v) is 6.19. The van der Waals surface area contributed by atoms with Crippen molar-refractivity contribution in [2.24, 2.45) is 0 Å². The standard InChI is InChI=1S/C17H15BrN8O2/c18-11-6-2-1-5-10(11)16(27)25-23-14-13(19)15(22-9-21-14)24-26-17(28)12-7-3-4-8-20-12/h1-9H,19H2,(H,25,27)(H,26,28)(H2,21,22,23,24). The van der Waals surface area contributed by atoms with Crippen molar-refractivity contribution in [3.8, 4) is 0 Å². The molecule has 2 amide bonds. The van der Waals surface area contributed by atoms with Crippen LogP contribution in [0.5, 0.6) is 0 Å². The number of hydrazine groups is 2. The van der Waals surface area contributed by atoms with Crippen molar-refractivity contribution in [3.05, 3.63) is 70.7 Å². The molecule has 142 valence electrons. The van der Waals surface area contributed by atoms with Crippen molar-refractivity contribution in [1.82, 2.24) is 25.8 Å². The van der Waals surface area contributed by atoms with Gasteiger partial charge in [-0.15, -0.1) is 0 Å². The largest absolute Gasteiger partial charge is 0.393 e. The maximum absolute atomic E-state index is 12.2. The smallest absolute Gasteiger partial charge is 0.288 e. The maximum Gasteiger partial charge on any atom is 0.288 e. The number of aromatic nitrogens is 3. The lowest BCUT2D eigenvalue weighted by molar-refractivity contribution is 0.0951. The first-order valence-electron chi connectivity index (χ1n) is 7.95. The van der Waals surface area contributed by atoms with Gasteiger partial charge in [-0.25, -0.2) is 9.97 Å². The third-order valence-corrected chi connectivity index (χ3v) is 4.18. The zero-order chi connectivity index (χ0) is 19.9. The molecule has 2 heterocycles. The molecule has 10 nitrogen and oxygen atoms in total. The van der Waals surface area contributed by atoms with Gasteiger partial charge < -0.3 is 5.73 Å². The Hall–Kier alpha value is -3.73. The van der Waals surface area contributed by atoms with Crippen LogP contribution in [0.1, 0.15) is 20.8 Å². The Morgan fingerprint density at radius 1 is 0.857 bits per heavy atom. The van der Waals surface area contributed by atoms with E-state index >= 15 is 0 Å². The van der Waals surface area contributed by atoms with E-state index in [0.29, 0.717) is 10.0 Å². The summed E-state index contributed by atoms with van der Waals surface area (Å²) in [6.45, 7) is 0. The zero-order valence-electron chi connectivity index (χ0n) is 14.3. The van der Waals surface area contributed by atoms with E-state index in [1.807, 2.05) is 0 Å². The maximum atomic E-state index is 12.2. The number of amides is 2. The Labute approximate surface area is 168 Å². The molecule has 0 aliphatic heterocycles. The van der Waals surface area contributed by atoms with Crippen LogP contribution < -0.4 is 27.4 Å². The average molecular weight is 443 g/mol. The molecule has 28 heavy (non-hydrogen) atoms. The van der Waals surface area contributed by atoms with Gasteiger partial charge in [0.05, 0.1) is 5.56 Å². The molecule has 3 aromatic rings. The summed E-state index contributed by atoms with van der Waals surface area (Å²) in [5.74, 6) is -0.541. The number of nitrogens with zero attached hydrogens (tertiary/aromatic N) is 3. The van der Waals surface area contributed by atoms with E-state index in [9.17, 15) is 9.59 Å². The van der Waals surface area contributed by atoms with Crippen molar-refractivity contribution >= 4 is 45.1 Å². The Bertz CT molecular complexity index is 999. The molecule has 6 N–H and O–H groups in total. The lowest BCUT2D eigenvalue weighted by Crippen LogP contribution is -2.32. The highest BCUT2D eigenvalue weighted by molar-refractivity contribution is 9.10. The molecule has 1 aromatic carbocycles. The first-order valence-corrected chi connectivity index (χ1v) is 8.74. The van der Waals surface area contributed by atoms with E-state index in [-0.39, 0.29) is 28.9 Å². The number of rotatable bonds is 6. The number of benzene rings is 1. The Morgan fingerprint density at radius 3 is 2.14 bits per heavy atom. The molecule has 0 fully saturated rings. The molecule has 0 aliphatic carbocycles. The van der Waals surface area contributed by atoms with Gasteiger partial charge in [-0.3, -0.25) is 36.3 Å². The summed E-state index contributed by atoms with van der Waals surface area (Å²) in [5, 5.41) is 0. The molecule has 0 spiro atoms. The number of carbonyl (C=O) groups excluding carboxylic acids is 2. The van der Waals surface area contributed by atoms with E-state index in [1.54, 1.807) is 42.5 Å². The van der Waals surface area contributed by atoms with Gasteiger partial charge in [0.15, 0.2) is 11.6 Å². The summed E-state index contributed by atoms with van der Waals surface area (Å²) in [5.41, 5.74) is 16.9. The van der Waals surface area contributed by atoms with Gasteiger partial charge in [0.1, 0.15) is 17.7 Å². The number of halogens is 1. The number of hydrogen-bond donors (Lipinski definition) is 5. The van der Waals surface area contributed by atoms with Crippen molar-refractivity contribution in [2.75, 3.05) is 16.6 Å². The van der Waals surface area contributed by atoms with Crippen LogP contribution in [0.4, 0.5) is 17.3 Å². The van der Waals surface area contributed by atoms with Crippen LogP contribution in [0, 0.1) is 0 Å². The van der Waals surface area contributed by atoms with Crippen LogP contribution in [0.2, 0.25) is 0 Å². The summed E-state index contributed by atoms with van der Waals surface area (Å²) >= 11 is 3.31. The molecule has 0 atom stereocenters. The van der Waals surface area contributed by atoms with Crippen LogP contribution in [0.25, 0.3) is 0 Å². The molecular formula is C17H15BrN8O2. The molecule has 2 aromatic heterocycles. The van der Waals surface area contributed by atoms with Gasteiger partial charge in [0, 0.05) is 10.7 Å². The Morgan fingerprint density at radius 2 is 1.50 bits per heavy atom. The minimum atomic E-state index is -0.463. The molecule has 0 aliphatic rings. The van der Waals surface area contributed by atoms with Crippen LogP contribution in [0.15, 0.2) is 59.5 Å². The van der Waals surface area contributed by atoms with E-state index in [4.69, 9.17) is 5.73 Å². The fourth-order valence-corrected chi connectivity index (χ4v) is 2.57. The second-order valence-electron chi connectivity index (χ2n) is 5.34. The lowest BCUT2D eigenvalue weighted by Gasteiger charge is -2.13. The predicted molar refractivity (Wildman–Crippen MR) is 107 cm³/mol. The van der Waals surface area contributed by atoms with Gasteiger partial charge in [0.2, 0.25) is 0 Å². The minimum Gasteiger partial charge on any atom is -0.393 e. The lowest BCUT2D eigenvalue weighted by atomic mass is 10.2. The number of nitrogen functional groups attached to an aromatic ring is 1. The number of hydrogen-bond acceptors (Lipinski definition) is 8. The molecule has 0 saturated carbocycles. The highest BCUT2D eigenvalue weighted by atomic mass is 79.9.